The quantitative estimate of drug-likeness (QED) is 0.443. The Kier molecular flexibility index (Phi) is 9.81. The topological polar surface area (TPSA) is 138 Å². The summed E-state index contributed by atoms with van der Waals surface area (Å²) < 4.78 is 37.7. The molecule has 1 aromatic heterocycles. The molecule has 146 valence electrons. The van der Waals surface area contributed by atoms with E-state index in [0.29, 0.717) is 25.1 Å². The van der Waals surface area contributed by atoms with E-state index in [1.54, 1.807) is 16.9 Å². The lowest BCUT2D eigenvalue weighted by Crippen LogP contribution is -2.42. The zero-order valence-corrected chi connectivity index (χ0v) is 14.1. The fourth-order valence-electron chi connectivity index (χ4n) is 1.45. The van der Waals surface area contributed by atoms with Crippen LogP contribution in [0.3, 0.4) is 0 Å². The van der Waals surface area contributed by atoms with E-state index in [2.05, 4.69) is 15.2 Å². The van der Waals surface area contributed by atoms with Crippen molar-refractivity contribution in [1.82, 2.24) is 10.4 Å². The molecule has 0 spiro atoms. The molecule has 0 fully saturated rings. The number of alkyl halides is 3. The van der Waals surface area contributed by atoms with Crippen LogP contribution in [0.25, 0.3) is 0 Å². The predicted molar refractivity (Wildman–Crippen MR) is 78.1 cm³/mol. The van der Waals surface area contributed by atoms with Crippen molar-refractivity contribution in [3.8, 4) is 0 Å². The summed E-state index contributed by atoms with van der Waals surface area (Å²) >= 11 is 0. The highest BCUT2D eigenvalue weighted by Gasteiger charge is 2.28. The van der Waals surface area contributed by atoms with Crippen molar-refractivity contribution in [1.29, 1.82) is 0 Å². The van der Waals surface area contributed by atoms with Crippen molar-refractivity contribution in [3.05, 3.63) is 24.0 Å². The summed E-state index contributed by atoms with van der Waals surface area (Å²) in [6.45, 7) is 2.90. The number of rotatable bonds is 6. The number of halogens is 3. The Labute approximate surface area is 146 Å². The third-order valence-electron chi connectivity index (χ3n) is 2.78. The molecule has 26 heavy (non-hydrogen) atoms. The number of carbonyl (C=O) groups is 3. The van der Waals surface area contributed by atoms with E-state index >= 15 is 0 Å². The lowest BCUT2D eigenvalue weighted by atomic mass is 10.2. The molecule has 0 saturated heterocycles. The first-order valence-corrected chi connectivity index (χ1v) is 7.28. The molecular weight excluding hydrogens is 361 g/mol. The minimum atomic E-state index is -5.19. The number of hydrogen-bond acceptors (Lipinski definition) is 7. The first-order chi connectivity index (χ1) is 12.0. The molecule has 1 rings (SSSR count). The number of nitrogens with one attached hydrogen (secondary N) is 1. The van der Waals surface area contributed by atoms with Gasteiger partial charge in [0.1, 0.15) is 18.2 Å². The van der Waals surface area contributed by atoms with Gasteiger partial charge in [0.25, 0.3) is 5.91 Å². The highest BCUT2D eigenvalue weighted by molar-refractivity contribution is 5.93. The molecule has 0 saturated carbocycles. The number of hydrogen-bond donors (Lipinski definition) is 2. The summed E-state index contributed by atoms with van der Waals surface area (Å²) in [6.07, 6.45) is -1.62. The smallest absolute Gasteiger partial charge is 0.430 e. The van der Waals surface area contributed by atoms with Crippen LogP contribution in [0.4, 0.5) is 13.2 Å². The molecule has 0 bridgehead atoms. The molecule has 1 heterocycles. The molecule has 9 nitrogen and oxygen atoms in total. The number of aryl methyl sites for hydroxylation is 1. The van der Waals surface area contributed by atoms with E-state index in [9.17, 15) is 22.8 Å². The second kappa shape index (κ2) is 11.0. The van der Waals surface area contributed by atoms with Crippen molar-refractivity contribution < 1.29 is 42.1 Å². The van der Waals surface area contributed by atoms with Crippen molar-refractivity contribution in [3.63, 3.8) is 0 Å². The number of esters is 1. The van der Waals surface area contributed by atoms with Crippen LogP contribution < -0.4 is 20.8 Å². The van der Waals surface area contributed by atoms with E-state index in [0.717, 1.165) is 0 Å². The van der Waals surface area contributed by atoms with Crippen LogP contribution in [-0.2, 0) is 20.9 Å². The molecule has 1 amide bonds. The molecule has 0 radical (unpaired) electrons. The van der Waals surface area contributed by atoms with Gasteiger partial charge >= 0.3 is 12.1 Å². The summed E-state index contributed by atoms with van der Waals surface area (Å²) in [4.78, 5) is 31.4. The average molecular weight is 380 g/mol. The number of aliphatic carboxylic acids is 1. The van der Waals surface area contributed by atoms with Gasteiger partial charge in [-0.1, -0.05) is 4.68 Å². The Morgan fingerprint density at radius 3 is 2.38 bits per heavy atom. The summed E-state index contributed by atoms with van der Waals surface area (Å²) in [5.74, 6) is -3.61. The van der Waals surface area contributed by atoms with Crippen molar-refractivity contribution >= 4 is 17.8 Å². The van der Waals surface area contributed by atoms with Gasteiger partial charge < -0.3 is 25.7 Å². The maximum absolute atomic E-state index is 11.5. The van der Waals surface area contributed by atoms with E-state index in [-0.39, 0.29) is 5.91 Å². The Balaban J connectivity index is 0.000000758. The summed E-state index contributed by atoms with van der Waals surface area (Å²) in [7, 11) is 1.30. The Bertz CT molecular complexity index is 608. The third-order valence-corrected chi connectivity index (χ3v) is 2.78. The SMILES string of the molecule is CCNC(=O)c1cc[n+](CC[C@H](N)C(=O)OC)nc1.O=C([O-])C(F)(F)F. The summed E-state index contributed by atoms with van der Waals surface area (Å²) in [5, 5.41) is 15.6. The number of ether oxygens (including phenoxy) is 1. The normalized spacial score (nSPS) is 11.6. The average Bonchev–Trinajstić information content (AvgIpc) is 2.59. The van der Waals surface area contributed by atoms with Gasteiger partial charge in [0, 0.05) is 19.0 Å². The number of carbonyl (C=O) groups excluding carboxylic acids is 3. The molecule has 1 aromatic rings. The van der Waals surface area contributed by atoms with Crippen LogP contribution >= 0.6 is 0 Å². The number of carboxylic acids is 1. The van der Waals surface area contributed by atoms with E-state index < -0.39 is 24.2 Å². The summed E-state index contributed by atoms with van der Waals surface area (Å²) in [5.41, 5.74) is 6.11. The second-order valence-electron chi connectivity index (χ2n) is 4.74. The molecule has 1 atom stereocenters. The molecule has 0 aliphatic rings. The number of nitrogens with zero attached hydrogens (tertiary/aromatic N) is 2. The molecule has 0 aliphatic carbocycles. The minimum absolute atomic E-state index is 0.159. The van der Waals surface area contributed by atoms with Gasteiger partial charge in [-0.15, -0.1) is 0 Å². The molecule has 12 heteroatoms. The van der Waals surface area contributed by atoms with Gasteiger partial charge in [0.05, 0.1) is 12.7 Å². The highest BCUT2D eigenvalue weighted by Crippen LogP contribution is 2.11. The van der Waals surface area contributed by atoms with Crippen LogP contribution in [0.1, 0.15) is 23.7 Å². The van der Waals surface area contributed by atoms with Gasteiger partial charge in [0.15, 0.2) is 12.7 Å². The molecule has 0 unspecified atom stereocenters. The lowest BCUT2D eigenvalue weighted by molar-refractivity contribution is -0.754. The summed E-state index contributed by atoms with van der Waals surface area (Å²) in [6, 6.07) is 1.00. The number of aromatic nitrogens is 2. The van der Waals surface area contributed by atoms with Crippen LogP contribution in [0.15, 0.2) is 18.5 Å². The van der Waals surface area contributed by atoms with Crippen LogP contribution in [-0.4, -0.2) is 48.8 Å². The Morgan fingerprint density at radius 2 is 2.00 bits per heavy atom. The maximum Gasteiger partial charge on any atom is 0.430 e. The first-order valence-electron chi connectivity index (χ1n) is 7.28. The zero-order chi connectivity index (χ0) is 20.3. The first kappa shape index (κ1) is 23.2. The van der Waals surface area contributed by atoms with Gasteiger partial charge in [-0.25, -0.2) is 0 Å². The third kappa shape index (κ3) is 8.92. The Hall–Kier alpha value is -2.76. The van der Waals surface area contributed by atoms with Crippen LogP contribution in [0.5, 0.6) is 0 Å². The minimum Gasteiger partial charge on any atom is -0.542 e. The largest absolute Gasteiger partial charge is 0.542 e. The van der Waals surface area contributed by atoms with Crippen molar-refractivity contribution in [2.45, 2.75) is 32.1 Å². The number of nitrogens with two attached hydrogens (primary N) is 1. The van der Waals surface area contributed by atoms with Crippen molar-refractivity contribution in [2.24, 2.45) is 5.73 Å². The predicted octanol–water partition coefficient (Wildman–Crippen LogP) is -1.69. The number of carboxylic acid groups (broad SMARTS) is 1. The van der Waals surface area contributed by atoms with Crippen LogP contribution in [0, 0.1) is 0 Å². The van der Waals surface area contributed by atoms with E-state index in [1.165, 1.54) is 13.3 Å². The van der Waals surface area contributed by atoms with Crippen molar-refractivity contribution in [2.75, 3.05) is 13.7 Å². The van der Waals surface area contributed by atoms with E-state index in [4.69, 9.17) is 15.6 Å². The van der Waals surface area contributed by atoms with Gasteiger partial charge in [-0.05, 0) is 12.0 Å². The van der Waals surface area contributed by atoms with Gasteiger partial charge in [-0.2, -0.15) is 13.2 Å². The fraction of sp³-hybridized carbons (Fsp3) is 0.500. The molecule has 0 aliphatic heterocycles. The van der Waals surface area contributed by atoms with E-state index in [1.807, 2.05) is 6.92 Å². The highest BCUT2D eigenvalue weighted by atomic mass is 19.4. The fourth-order valence-corrected chi connectivity index (χ4v) is 1.45. The molecule has 0 aromatic carbocycles. The molecular formula is C14H19F3N4O5. The van der Waals surface area contributed by atoms with Crippen LogP contribution in [0.2, 0.25) is 0 Å². The Morgan fingerprint density at radius 1 is 1.42 bits per heavy atom. The van der Waals surface area contributed by atoms with Gasteiger partial charge in [-0.3, -0.25) is 9.59 Å². The van der Waals surface area contributed by atoms with Gasteiger partial charge in [0.2, 0.25) is 0 Å². The molecule has 3 N–H and O–H groups in total. The monoisotopic (exact) mass is 380 g/mol. The lowest BCUT2D eigenvalue weighted by Gasteiger charge is -2.05. The second-order valence-corrected chi connectivity index (χ2v) is 4.74. The zero-order valence-electron chi connectivity index (χ0n) is 14.1. The number of methoxy groups -OCH3 is 1. The maximum atomic E-state index is 11.5. The number of amides is 1. The standard InChI is InChI=1S/C12H18N4O3.C2HF3O2/c1-3-14-11(17)9-4-6-16(15-8-9)7-5-10(13)12(18)19-2;3-2(4,5)1(6)7/h4,6,8,10H,3,5,7,13H2,1-2H3;(H,6,7)/t10-;/m0./s1.